The van der Waals surface area contributed by atoms with Crippen molar-refractivity contribution in [3.8, 4) is 0 Å². The molecule has 0 spiro atoms. The van der Waals surface area contributed by atoms with Crippen molar-refractivity contribution in [3.63, 3.8) is 0 Å². The molecule has 0 aromatic carbocycles. The van der Waals surface area contributed by atoms with Crippen molar-refractivity contribution in [3.05, 3.63) is 25.3 Å². The standard InChI is InChI=1S/C3H6N2O.C3H5NO.Na/c1-2-3(6)5-4;1-2-3(4)5;/h2H,1,4H2,(H,5,6);2H,1H2,(H2,4,5);/q;;+1. The summed E-state index contributed by atoms with van der Waals surface area (Å²) in [5.41, 5.74) is 6.39. The third-order valence-corrected chi connectivity index (χ3v) is 0.529. The van der Waals surface area contributed by atoms with Gasteiger partial charge in [0.2, 0.25) is 5.91 Å². The van der Waals surface area contributed by atoms with Crippen LogP contribution < -0.4 is 46.6 Å². The SMILES string of the molecule is C=CC(=O)NN.C=CC(N)=O.[Na+]. The van der Waals surface area contributed by atoms with Crippen LogP contribution in [0.15, 0.2) is 25.3 Å². The fourth-order valence-electron chi connectivity index (χ4n) is 0.0589. The van der Waals surface area contributed by atoms with Gasteiger partial charge in [0.1, 0.15) is 0 Å². The number of hydrazine groups is 1. The molecule has 0 saturated heterocycles. The van der Waals surface area contributed by atoms with Gasteiger partial charge in [0.15, 0.2) is 0 Å². The Kier molecular flexibility index (Phi) is 18.9. The Morgan fingerprint density at radius 1 is 1.25 bits per heavy atom. The fourth-order valence-corrected chi connectivity index (χ4v) is 0.0589. The summed E-state index contributed by atoms with van der Waals surface area (Å²) in [6.07, 6.45) is 2.15. The van der Waals surface area contributed by atoms with Gasteiger partial charge in [0.25, 0.3) is 5.91 Å². The van der Waals surface area contributed by atoms with E-state index in [4.69, 9.17) is 0 Å². The molecular weight excluding hydrogens is 169 g/mol. The monoisotopic (exact) mass is 180 g/mol. The zero-order chi connectivity index (χ0) is 9.28. The second-order valence-corrected chi connectivity index (χ2v) is 1.32. The van der Waals surface area contributed by atoms with Gasteiger partial charge in [-0.05, 0) is 12.2 Å². The van der Waals surface area contributed by atoms with Gasteiger partial charge in [-0.15, -0.1) is 0 Å². The maximum atomic E-state index is 9.83. The molecule has 0 aromatic heterocycles. The Bertz CT molecular complexity index is 170. The zero-order valence-electron chi connectivity index (χ0n) is 7.04. The summed E-state index contributed by atoms with van der Waals surface area (Å²) in [7, 11) is 0. The predicted molar refractivity (Wildman–Crippen MR) is 41.9 cm³/mol. The van der Waals surface area contributed by atoms with E-state index in [1.165, 1.54) is 0 Å². The molecule has 0 saturated carbocycles. The summed E-state index contributed by atoms with van der Waals surface area (Å²) in [5.74, 6) is 3.76. The van der Waals surface area contributed by atoms with Gasteiger partial charge in [-0.1, -0.05) is 13.2 Å². The number of nitrogens with two attached hydrogens (primary N) is 2. The summed E-state index contributed by atoms with van der Waals surface area (Å²) in [6.45, 7) is 6.23. The number of hydrogen-bond acceptors (Lipinski definition) is 3. The summed E-state index contributed by atoms with van der Waals surface area (Å²) >= 11 is 0. The summed E-state index contributed by atoms with van der Waals surface area (Å²) in [4.78, 5) is 19.3. The third kappa shape index (κ3) is 22.8. The topological polar surface area (TPSA) is 98.2 Å². The zero-order valence-corrected chi connectivity index (χ0v) is 9.04. The first-order valence-corrected chi connectivity index (χ1v) is 2.63. The molecule has 0 atom stereocenters. The van der Waals surface area contributed by atoms with E-state index in [0.717, 1.165) is 12.2 Å². The van der Waals surface area contributed by atoms with Crippen molar-refractivity contribution in [1.29, 1.82) is 0 Å². The Morgan fingerprint density at radius 3 is 1.58 bits per heavy atom. The van der Waals surface area contributed by atoms with E-state index in [9.17, 15) is 9.59 Å². The average molecular weight is 180 g/mol. The number of nitrogens with one attached hydrogen (secondary N) is 1. The van der Waals surface area contributed by atoms with Crippen molar-refractivity contribution < 1.29 is 39.1 Å². The molecule has 12 heavy (non-hydrogen) atoms. The number of rotatable bonds is 2. The van der Waals surface area contributed by atoms with Gasteiger partial charge in [-0.2, -0.15) is 0 Å². The molecule has 0 unspecified atom stereocenters. The van der Waals surface area contributed by atoms with Crippen LogP contribution in [0.5, 0.6) is 0 Å². The van der Waals surface area contributed by atoms with Crippen LogP contribution in [-0.2, 0) is 9.59 Å². The second kappa shape index (κ2) is 13.0. The molecule has 0 aliphatic carbocycles. The molecule has 5 N–H and O–H groups in total. The predicted octanol–water partition coefficient (Wildman–Crippen LogP) is -4.18. The normalized spacial score (nSPS) is 6.08. The maximum Gasteiger partial charge on any atom is 1.00 e. The van der Waals surface area contributed by atoms with Crippen LogP contribution in [0.1, 0.15) is 0 Å². The minimum absolute atomic E-state index is 0. The molecule has 0 aliphatic rings. The minimum atomic E-state index is -0.481. The van der Waals surface area contributed by atoms with Gasteiger partial charge in [-0.25, -0.2) is 5.84 Å². The van der Waals surface area contributed by atoms with Crippen LogP contribution >= 0.6 is 0 Å². The van der Waals surface area contributed by atoms with E-state index in [2.05, 4.69) is 24.7 Å². The molecule has 62 valence electrons. The Balaban J connectivity index is -0.000000126. The van der Waals surface area contributed by atoms with Crippen molar-refractivity contribution in [2.45, 2.75) is 0 Å². The average Bonchev–Trinajstić information content (AvgIpc) is 2.04. The molecule has 0 radical (unpaired) electrons. The molecular formula is C6H11N3NaO2+. The van der Waals surface area contributed by atoms with E-state index < -0.39 is 5.91 Å². The Labute approximate surface area is 93.1 Å². The van der Waals surface area contributed by atoms with E-state index in [0.29, 0.717) is 0 Å². The fraction of sp³-hybridized carbons (Fsp3) is 0. The van der Waals surface area contributed by atoms with Gasteiger partial charge >= 0.3 is 29.6 Å². The molecule has 6 heteroatoms. The molecule has 0 fully saturated rings. The molecule has 2 amide bonds. The molecule has 5 nitrogen and oxygen atoms in total. The summed E-state index contributed by atoms with van der Waals surface area (Å²) in [6, 6.07) is 0. The summed E-state index contributed by atoms with van der Waals surface area (Å²) in [5, 5.41) is 0. The summed E-state index contributed by atoms with van der Waals surface area (Å²) < 4.78 is 0. The quantitative estimate of drug-likeness (QED) is 0.132. The first-order valence-electron chi connectivity index (χ1n) is 2.63. The number of primary amides is 1. The molecule has 0 aliphatic heterocycles. The van der Waals surface area contributed by atoms with Crippen LogP contribution in [0, 0.1) is 0 Å². The van der Waals surface area contributed by atoms with Gasteiger partial charge in [0.05, 0.1) is 0 Å². The smallest absolute Gasteiger partial charge is 0.366 e. The number of amides is 2. The van der Waals surface area contributed by atoms with Crippen LogP contribution in [0.2, 0.25) is 0 Å². The molecule has 0 bridgehead atoms. The van der Waals surface area contributed by atoms with Crippen LogP contribution in [0.3, 0.4) is 0 Å². The minimum Gasteiger partial charge on any atom is -0.366 e. The second-order valence-electron chi connectivity index (χ2n) is 1.32. The number of carbonyl (C=O) groups excluding carboxylic acids is 2. The van der Waals surface area contributed by atoms with Crippen molar-refractivity contribution in [2.75, 3.05) is 0 Å². The number of carbonyl (C=O) groups is 2. The van der Waals surface area contributed by atoms with Crippen molar-refractivity contribution in [2.24, 2.45) is 11.6 Å². The van der Waals surface area contributed by atoms with Crippen LogP contribution in [0.4, 0.5) is 0 Å². The van der Waals surface area contributed by atoms with Gasteiger partial charge in [-0.3, -0.25) is 15.0 Å². The first kappa shape index (κ1) is 17.5. The molecule has 0 rings (SSSR count). The molecule has 0 heterocycles. The van der Waals surface area contributed by atoms with Gasteiger partial charge in [0, 0.05) is 0 Å². The maximum absolute atomic E-state index is 9.83. The molecule has 0 aromatic rings. The largest absolute Gasteiger partial charge is 1.00 e. The van der Waals surface area contributed by atoms with Crippen LogP contribution in [-0.4, -0.2) is 11.8 Å². The van der Waals surface area contributed by atoms with Crippen LogP contribution in [0.25, 0.3) is 0 Å². The third-order valence-electron chi connectivity index (χ3n) is 0.529. The van der Waals surface area contributed by atoms with E-state index in [1.807, 2.05) is 5.43 Å². The van der Waals surface area contributed by atoms with Crippen molar-refractivity contribution in [1.82, 2.24) is 5.43 Å². The van der Waals surface area contributed by atoms with Gasteiger partial charge < -0.3 is 5.73 Å². The Morgan fingerprint density at radius 2 is 1.58 bits per heavy atom. The van der Waals surface area contributed by atoms with Crippen molar-refractivity contribution >= 4 is 11.8 Å². The first-order chi connectivity index (χ1) is 5.08. The Hall–Kier alpha value is -0.620. The van der Waals surface area contributed by atoms with E-state index in [-0.39, 0.29) is 35.5 Å². The van der Waals surface area contributed by atoms with E-state index >= 15 is 0 Å². The van der Waals surface area contributed by atoms with E-state index in [1.54, 1.807) is 0 Å². The number of hydrogen-bond donors (Lipinski definition) is 3.